The maximum atomic E-state index is 12.3. The van der Waals surface area contributed by atoms with Crippen molar-refractivity contribution >= 4 is 11.9 Å². The van der Waals surface area contributed by atoms with Gasteiger partial charge in [0.1, 0.15) is 6.04 Å². The van der Waals surface area contributed by atoms with Gasteiger partial charge in [-0.15, -0.1) is 0 Å². The molecule has 1 rings (SSSR count). The highest BCUT2D eigenvalue weighted by molar-refractivity contribution is 5.87. The van der Waals surface area contributed by atoms with Gasteiger partial charge in [-0.05, 0) is 37.6 Å². The summed E-state index contributed by atoms with van der Waals surface area (Å²) in [4.78, 5) is 24.0. The molecule has 1 amide bonds. The molecule has 116 valence electrons. The standard InChI is InChI=1S/C15H28N2O3/c1-5-11-6-7-16-12(9-11)14(18)17-13(8-10(2)3)15(19)20-4/h10-13,16H,5-9H2,1-4H3,(H,17,18). The first-order valence-corrected chi connectivity index (χ1v) is 7.59. The Morgan fingerprint density at radius 2 is 2.10 bits per heavy atom. The zero-order valence-corrected chi connectivity index (χ0v) is 13.1. The molecule has 5 nitrogen and oxygen atoms in total. The second-order valence-corrected chi connectivity index (χ2v) is 6.02. The summed E-state index contributed by atoms with van der Waals surface area (Å²) >= 11 is 0. The number of hydrogen-bond acceptors (Lipinski definition) is 4. The Kier molecular flexibility index (Phi) is 6.99. The second-order valence-electron chi connectivity index (χ2n) is 6.02. The van der Waals surface area contributed by atoms with Gasteiger partial charge >= 0.3 is 5.97 Å². The van der Waals surface area contributed by atoms with Crippen LogP contribution in [0.1, 0.15) is 46.5 Å². The van der Waals surface area contributed by atoms with Gasteiger partial charge in [0.2, 0.25) is 5.91 Å². The summed E-state index contributed by atoms with van der Waals surface area (Å²) in [5.74, 6) is 0.463. The summed E-state index contributed by atoms with van der Waals surface area (Å²) in [6, 6.07) is -0.732. The van der Waals surface area contributed by atoms with E-state index in [0.29, 0.717) is 18.3 Å². The largest absolute Gasteiger partial charge is 0.467 e. The summed E-state index contributed by atoms with van der Waals surface area (Å²) in [5.41, 5.74) is 0. The molecule has 1 saturated heterocycles. The minimum atomic E-state index is -0.545. The van der Waals surface area contributed by atoms with E-state index in [-0.39, 0.29) is 17.9 Å². The molecule has 0 bridgehead atoms. The van der Waals surface area contributed by atoms with Crippen LogP contribution in [-0.4, -0.2) is 37.6 Å². The van der Waals surface area contributed by atoms with Crippen LogP contribution in [0.4, 0.5) is 0 Å². The molecule has 0 spiro atoms. The van der Waals surface area contributed by atoms with Crippen LogP contribution in [-0.2, 0) is 14.3 Å². The number of nitrogens with one attached hydrogen (secondary N) is 2. The fraction of sp³-hybridized carbons (Fsp3) is 0.867. The van der Waals surface area contributed by atoms with Gasteiger partial charge in [0, 0.05) is 0 Å². The number of ether oxygens (including phenoxy) is 1. The van der Waals surface area contributed by atoms with Crippen molar-refractivity contribution in [1.82, 2.24) is 10.6 Å². The average Bonchev–Trinajstić information content (AvgIpc) is 2.45. The smallest absolute Gasteiger partial charge is 0.328 e. The lowest BCUT2D eigenvalue weighted by atomic mass is 9.90. The summed E-state index contributed by atoms with van der Waals surface area (Å²) in [5, 5.41) is 6.07. The Labute approximate surface area is 121 Å². The highest BCUT2D eigenvalue weighted by Gasteiger charge is 2.29. The van der Waals surface area contributed by atoms with Gasteiger partial charge < -0.3 is 15.4 Å². The molecule has 0 radical (unpaired) electrons. The van der Waals surface area contributed by atoms with Crippen molar-refractivity contribution in [1.29, 1.82) is 0 Å². The molecule has 0 aromatic carbocycles. The molecule has 0 saturated carbocycles. The van der Waals surface area contributed by atoms with Gasteiger partial charge in [-0.2, -0.15) is 0 Å². The quantitative estimate of drug-likeness (QED) is 0.725. The number of carbonyl (C=O) groups excluding carboxylic acids is 2. The van der Waals surface area contributed by atoms with Gasteiger partial charge in [0.15, 0.2) is 0 Å². The maximum Gasteiger partial charge on any atom is 0.328 e. The average molecular weight is 284 g/mol. The van der Waals surface area contributed by atoms with Gasteiger partial charge in [-0.1, -0.05) is 27.2 Å². The molecule has 0 aliphatic carbocycles. The van der Waals surface area contributed by atoms with Crippen LogP contribution < -0.4 is 10.6 Å². The van der Waals surface area contributed by atoms with Crippen molar-refractivity contribution in [2.75, 3.05) is 13.7 Å². The molecule has 5 heteroatoms. The zero-order chi connectivity index (χ0) is 15.1. The molecule has 1 fully saturated rings. The Bertz CT molecular complexity index is 331. The lowest BCUT2D eigenvalue weighted by Crippen LogP contribution is -2.53. The van der Waals surface area contributed by atoms with Gasteiger partial charge in [0.05, 0.1) is 13.2 Å². The number of carbonyl (C=O) groups is 2. The summed E-state index contributed by atoms with van der Waals surface area (Å²) < 4.78 is 4.77. The van der Waals surface area contributed by atoms with Gasteiger partial charge in [-0.3, -0.25) is 4.79 Å². The lowest BCUT2D eigenvalue weighted by molar-refractivity contribution is -0.145. The van der Waals surface area contributed by atoms with E-state index in [0.717, 1.165) is 25.8 Å². The first kappa shape index (κ1) is 17.0. The third kappa shape index (κ3) is 5.12. The summed E-state index contributed by atoms with van der Waals surface area (Å²) in [7, 11) is 1.35. The van der Waals surface area contributed by atoms with Crippen LogP contribution in [0.25, 0.3) is 0 Å². The molecule has 20 heavy (non-hydrogen) atoms. The number of rotatable bonds is 6. The van der Waals surface area contributed by atoms with Crippen LogP contribution >= 0.6 is 0 Å². The third-order valence-electron chi connectivity index (χ3n) is 3.92. The van der Waals surface area contributed by atoms with Crippen molar-refractivity contribution in [2.45, 2.75) is 58.5 Å². The van der Waals surface area contributed by atoms with Crippen LogP contribution in [0.5, 0.6) is 0 Å². The molecule has 1 aliphatic rings. The molecule has 3 unspecified atom stereocenters. The Morgan fingerprint density at radius 3 is 2.65 bits per heavy atom. The van der Waals surface area contributed by atoms with E-state index in [1.54, 1.807) is 0 Å². The highest BCUT2D eigenvalue weighted by Crippen LogP contribution is 2.19. The van der Waals surface area contributed by atoms with E-state index in [9.17, 15) is 9.59 Å². The minimum Gasteiger partial charge on any atom is -0.467 e. The second kappa shape index (κ2) is 8.25. The first-order chi connectivity index (χ1) is 9.47. The highest BCUT2D eigenvalue weighted by atomic mass is 16.5. The predicted octanol–water partition coefficient (Wildman–Crippen LogP) is 1.47. The maximum absolute atomic E-state index is 12.3. The monoisotopic (exact) mass is 284 g/mol. The molecule has 0 aromatic rings. The predicted molar refractivity (Wildman–Crippen MR) is 78.2 cm³/mol. The van der Waals surface area contributed by atoms with Gasteiger partial charge in [0.25, 0.3) is 0 Å². The molecule has 1 aliphatic heterocycles. The van der Waals surface area contributed by atoms with E-state index in [2.05, 4.69) is 17.6 Å². The fourth-order valence-corrected chi connectivity index (χ4v) is 2.67. The number of amides is 1. The third-order valence-corrected chi connectivity index (χ3v) is 3.92. The first-order valence-electron chi connectivity index (χ1n) is 7.59. The summed E-state index contributed by atoms with van der Waals surface area (Å²) in [6.45, 7) is 7.06. The molecule has 3 atom stereocenters. The Morgan fingerprint density at radius 1 is 1.40 bits per heavy atom. The summed E-state index contributed by atoms with van der Waals surface area (Å²) in [6.07, 6.45) is 3.66. The van der Waals surface area contributed by atoms with Gasteiger partial charge in [-0.25, -0.2) is 4.79 Å². The Balaban J connectivity index is 2.58. The molecular formula is C15H28N2O3. The minimum absolute atomic E-state index is 0.0841. The van der Waals surface area contributed by atoms with E-state index < -0.39 is 6.04 Å². The van der Waals surface area contributed by atoms with Crippen molar-refractivity contribution in [3.05, 3.63) is 0 Å². The van der Waals surface area contributed by atoms with Crippen LogP contribution in [0, 0.1) is 11.8 Å². The van der Waals surface area contributed by atoms with Crippen molar-refractivity contribution in [2.24, 2.45) is 11.8 Å². The number of hydrogen-bond donors (Lipinski definition) is 2. The molecular weight excluding hydrogens is 256 g/mol. The fourth-order valence-electron chi connectivity index (χ4n) is 2.67. The number of piperidine rings is 1. The van der Waals surface area contributed by atoms with Crippen LogP contribution in [0.15, 0.2) is 0 Å². The van der Waals surface area contributed by atoms with Crippen LogP contribution in [0.3, 0.4) is 0 Å². The topological polar surface area (TPSA) is 67.4 Å². The molecule has 2 N–H and O–H groups in total. The molecule has 1 heterocycles. The number of methoxy groups -OCH3 is 1. The number of esters is 1. The van der Waals surface area contributed by atoms with E-state index in [4.69, 9.17) is 4.74 Å². The van der Waals surface area contributed by atoms with E-state index in [1.807, 2.05) is 13.8 Å². The molecule has 0 aromatic heterocycles. The lowest BCUT2D eigenvalue weighted by Gasteiger charge is -2.30. The van der Waals surface area contributed by atoms with Crippen molar-refractivity contribution < 1.29 is 14.3 Å². The SMILES string of the molecule is CCC1CCNC(C(=O)NC(CC(C)C)C(=O)OC)C1. The Hall–Kier alpha value is -1.10. The van der Waals surface area contributed by atoms with E-state index >= 15 is 0 Å². The van der Waals surface area contributed by atoms with Crippen molar-refractivity contribution in [3.63, 3.8) is 0 Å². The normalized spacial score (nSPS) is 24.2. The van der Waals surface area contributed by atoms with Crippen LogP contribution in [0.2, 0.25) is 0 Å². The zero-order valence-electron chi connectivity index (χ0n) is 13.1. The van der Waals surface area contributed by atoms with E-state index in [1.165, 1.54) is 7.11 Å². The van der Waals surface area contributed by atoms with Crippen molar-refractivity contribution in [3.8, 4) is 0 Å².